The van der Waals surface area contributed by atoms with Crippen molar-refractivity contribution in [3.63, 3.8) is 0 Å². The zero-order valence-corrected chi connectivity index (χ0v) is 21.0. The van der Waals surface area contributed by atoms with Crippen molar-refractivity contribution in [3.05, 3.63) is 52.7 Å². The van der Waals surface area contributed by atoms with Gasteiger partial charge < -0.3 is 23.7 Å². The van der Waals surface area contributed by atoms with Gasteiger partial charge in [0.15, 0.2) is 17.3 Å². The zero-order chi connectivity index (χ0) is 24.4. The lowest BCUT2D eigenvalue weighted by Crippen LogP contribution is -2.29. The molecule has 6 heteroatoms. The van der Waals surface area contributed by atoms with E-state index in [1.807, 2.05) is 35.7 Å². The average Bonchev–Trinajstić information content (AvgIpc) is 3.54. The maximum atomic E-state index is 11.0. The molecule has 5 rings (SSSR count). The highest BCUT2D eigenvalue weighted by atomic mass is 32.1. The van der Waals surface area contributed by atoms with E-state index in [9.17, 15) is 5.11 Å². The third kappa shape index (κ3) is 4.50. The molecule has 0 aliphatic heterocycles. The summed E-state index contributed by atoms with van der Waals surface area (Å²) in [4.78, 5) is 0. The van der Waals surface area contributed by atoms with E-state index in [-0.39, 0.29) is 0 Å². The second kappa shape index (κ2) is 9.69. The van der Waals surface area contributed by atoms with E-state index in [4.69, 9.17) is 18.6 Å². The van der Waals surface area contributed by atoms with E-state index in [1.165, 1.54) is 0 Å². The molecule has 180 valence electrons. The number of benzene rings is 2. The number of aliphatic hydroxyl groups is 1. The maximum absolute atomic E-state index is 11.0. The van der Waals surface area contributed by atoms with E-state index >= 15 is 0 Å². The van der Waals surface area contributed by atoms with Gasteiger partial charge in [-0.3, -0.25) is 0 Å². The van der Waals surface area contributed by atoms with Crippen LogP contribution in [0.2, 0.25) is 0 Å². The molecule has 1 N–H and O–H groups in total. The van der Waals surface area contributed by atoms with Gasteiger partial charge in [-0.2, -0.15) is 11.3 Å². The van der Waals surface area contributed by atoms with Gasteiger partial charge in [0.25, 0.3) is 0 Å². The van der Waals surface area contributed by atoms with Gasteiger partial charge >= 0.3 is 0 Å². The first kappa shape index (κ1) is 23.3. The van der Waals surface area contributed by atoms with E-state index in [0.717, 1.165) is 58.2 Å². The quantitative estimate of drug-likeness (QED) is 0.310. The number of hydrogen-bond donors (Lipinski definition) is 1. The Bertz CT molecular complexity index is 1370. The second-order valence-electron chi connectivity index (χ2n) is 8.79. The van der Waals surface area contributed by atoms with Crippen molar-refractivity contribution in [2.45, 2.75) is 37.7 Å². The Balaban J connectivity index is 1.67. The lowest BCUT2D eigenvalue weighted by Gasteiger charge is -2.26. The third-order valence-corrected chi connectivity index (χ3v) is 7.25. The van der Waals surface area contributed by atoms with Crippen molar-refractivity contribution < 1.29 is 23.7 Å². The van der Waals surface area contributed by atoms with E-state index in [1.54, 1.807) is 32.7 Å². The molecule has 0 amide bonds. The Labute approximate surface area is 209 Å². The zero-order valence-electron chi connectivity index (χ0n) is 20.1. The van der Waals surface area contributed by atoms with Crippen LogP contribution in [0.5, 0.6) is 17.2 Å². The van der Waals surface area contributed by atoms with Crippen molar-refractivity contribution in [1.82, 2.24) is 0 Å². The summed E-state index contributed by atoms with van der Waals surface area (Å²) in [5, 5.41) is 16.0. The highest BCUT2D eigenvalue weighted by molar-refractivity contribution is 7.08. The molecule has 1 saturated carbocycles. The molecule has 2 aromatic heterocycles. The Morgan fingerprint density at radius 1 is 0.886 bits per heavy atom. The molecule has 1 aliphatic carbocycles. The van der Waals surface area contributed by atoms with Gasteiger partial charge in [-0.25, -0.2) is 0 Å². The molecule has 0 unspecified atom stereocenters. The average molecular weight is 489 g/mol. The molecule has 4 aromatic rings. The molecule has 0 saturated heterocycles. The van der Waals surface area contributed by atoms with Crippen LogP contribution in [-0.2, 0) is 0 Å². The highest BCUT2D eigenvalue weighted by Crippen LogP contribution is 2.43. The minimum Gasteiger partial charge on any atom is -0.493 e. The fourth-order valence-electron chi connectivity index (χ4n) is 4.69. The Morgan fingerprint density at radius 2 is 1.63 bits per heavy atom. The summed E-state index contributed by atoms with van der Waals surface area (Å²) in [6.45, 7) is 0. The summed E-state index contributed by atoms with van der Waals surface area (Å²) < 4.78 is 22.9. The monoisotopic (exact) mass is 488 g/mol. The predicted octanol–water partition coefficient (Wildman–Crippen LogP) is 6.90. The molecule has 35 heavy (non-hydrogen) atoms. The van der Waals surface area contributed by atoms with E-state index < -0.39 is 5.60 Å². The minimum absolute atomic E-state index is 0.551. The number of hydrogen-bond acceptors (Lipinski definition) is 6. The lowest BCUT2D eigenvalue weighted by atomic mass is 9.85. The van der Waals surface area contributed by atoms with Crippen LogP contribution in [0.3, 0.4) is 0 Å². The van der Waals surface area contributed by atoms with Crippen molar-refractivity contribution >= 4 is 22.3 Å². The van der Waals surface area contributed by atoms with Crippen LogP contribution in [0, 0.1) is 11.8 Å². The summed E-state index contributed by atoms with van der Waals surface area (Å²) in [6.07, 6.45) is 4.57. The molecule has 0 radical (unpaired) electrons. The molecule has 1 aliphatic rings. The van der Waals surface area contributed by atoms with Gasteiger partial charge in [0, 0.05) is 16.3 Å². The van der Waals surface area contributed by atoms with Gasteiger partial charge in [0.1, 0.15) is 11.2 Å². The Morgan fingerprint density at radius 3 is 2.26 bits per heavy atom. The highest BCUT2D eigenvalue weighted by Gasteiger charge is 2.27. The standard InChI is InChI=1S/C29H28O5S/c1-31-25-16-21(17-26(32-2)28(25)33-3)19-7-8-24-23(15-19)22(27(34-24)20-10-14-35-18-20)9-13-29(30)11-5-4-6-12-29/h7-8,10,14-18,30H,4-6,11-12H2,1-3H3. The summed E-state index contributed by atoms with van der Waals surface area (Å²) in [6, 6.07) is 11.9. The third-order valence-electron chi connectivity index (χ3n) is 6.57. The van der Waals surface area contributed by atoms with Crippen LogP contribution in [0.25, 0.3) is 33.4 Å². The summed E-state index contributed by atoms with van der Waals surface area (Å²) in [5.74, 6) is 8.98. The number of methoxy groups -OCH3 is 3. The molecule has 0 spiro atoms. The smallest absolute Gasteiger partial charge is 0.203 e. The lowest BCUT2D eigenvalue weighted by molar-refractivity contribution is 0.0610. The number of furan rings is 1. The molecule has 5 nitrogen and oxygen atoms in total. The van der Waals surface area contributed by atoms with Crippen LogP contribution in [0.4, 0.5) is 0 Å². The number of fused-ring (bicyclic) bond motifs is 1. The second-order valence-corrected chi connectivity index (χ2v) is 9.57. The maximum Gasteiger partial charge on any atom is 0.203 e. The topological polar surface area (TPSA) is 61.1 Å². The molecular formula is C29H28O5S. The summed E-state index contributed by atoms with van der Waals surface area (Å²) in [7, 11) is 4.81. The molecule has 2 heterocycles. The van der Waals surface area contributed by atoms with Crippen LogP contribution in [0.1, 0.15) is 37.7 Å². The Hall–Kier alpha value is -3.40. The largest absolute Gasteiger partial charge is 0.493 e. The summed E-state index contributed by atoms with van der Waals surface area (Å²) >= 11 is 1.61. The van der Waals surface area contributed by atoms with Crippen LogP contribution in [0.15, 0.2) is 51.6 Å². The molecule has 1 fully saturated rings. The first-order valence-corrected chi connectivity index (χ1v) is 12.6. The van der Waals surface area contributed by atoms with Crippen molar-refractivity contribution in [1.29, 1.82) is 0 Å². The van der Waals surface area contributed by atoms with Crippen molar-refractivity contribution in [2.75, 3.05) is 21.3 Å². The fraction of sp³-hybridized carbons (Fsp3) is 0.310. The number of thiophene rings is 1. The summed E-state index contributed by atoms with van der Waals surface area (Å²) in [5.41, 5.74) is 3.48. The van der Waals surface area contributed by atoms with E-state index in [2.05, 4.69) is 23.3 Å². The molecule has 0 bridgehead atoms. The van der Waals surface area contributed by atoms with Gasteiger partial charge in [0.05, 0.1) is 26.9 Å². The SMILES string of the molecule is COc1cc(-c2ccc3oc(-c4ccsc4)c(C#CC4(O)CCCCC4)c3c2)cc(OC)c1OC. The van der Waals surface area contributed by atoms with Crippen LogP contribution in [-0.4, -0.2) is 32.0 Å². The van der Waals surface area contributed by atoms with Gasteiger partial charge in [-0.05, 0) is 72.5 Å². The molecule has 2 aromatic carbocycles. The first-order chi connectivity index (χ1) is 17.0. The van der Waals surface area contributed by atoms with Gasteiger partial charge in [-0.15, -0.1) is 0 Å². The predicted molar refractivity (Wildman–Crippen MR) is 140 cm³/mol. The molecule has 0 atom stereocenters. The van der Waals surface area contributed by atoms with Crippen LogP contribution >= 0.6 is 11.3 Å². The normalized spacial score (nSPS) is 14.9. The minimum atomic E-state index is -0.942. The van der Waals surface area contributed by atoms with Crippen molar-refractivity contribution in [3.8, 4) is 51.5 Å². The van der Waals surface area contributed by atoms with Gasteiger partial charge in [-0.1, -0.05) is 24.3 Å². The number of ether oxygens (including phenoxy) is 3. The molecular weight excluding hydrogens is 460 g/mol. The fourth-order valence-corrected chi connectivity index (χ4v) is 5.32. The van der Waals surface area contributed by atoms with Crippen LogP contribution < -0.4 is 14.2 Å². The Kier molecular flexibility index (Phi) is 6.46. The first-order valence-electron chi connectivity index (χ1n) is 11.7. The van der Waals surface area contributed by atoms with E-state index in [0.29, 0.717) is 30.1 Å². The number of rotatable bonds is 5. The van der Waals surface area contributed by atoms with Crippen molar-refractivity contribution in [2.24, 2.45) is 0 Å². The van der Waals surface area contributed by atoms with Gasteiger partial charge in [0.2, 0.25) is 5.75 Å².